The molecule has 0 aromatic carbocycles. The number of rotatable bonds is 3. The maximum absolute atomic E-state index is 11.7. The maximum Gasteiger partial charge on any atom is 0.323 e. The minimum absolute atomic E-state index is 0.0933. The molecule has 1 heterocycles. The second kappa shape index (κ2) is 4.94. The highest BCUT2D eigenvalue weighted by Crippen LogP contribution is 2.21. The lowest BCUT2D eigenvalue weighted by molar-refractivity contribution is -0.153. The number of nitrogens with zero attached hydrogens (tertiary/aromatic N) is 1. The van der Waals surface area contributed by atoms with E-state index in [9.17, 15) is 9.90 Å². The van der Waals surface area contributed by atoms with Gasteiger partial charge in [0.1, 0.15) is 6.04 Å². The van der Waals surface area contributed by atoms with Crippen LogP contribution in [0.5, 0.6) is 0 Å². The average Bonchev–Trinajstić information content (AvgIpc) is 2.46. The predicted octanol–water partition coefficient (Wildman–Crippen LogP) is 0.782. The zero-order valence-corrected chi connectivity index (χ0v) is 9.93. The van der Waals surface area contributed by atoms with E-state index in [0.717, 1.165) is 0 Å². The SMILES string of the molecule is CC(C)OC(=O)C1CC(O)CN1C(C)C. The number of ether oxygens (including phenoxy) is 1. The Morgan fingerprint density at radius 3 is 2.47 bits per heavy atom. The van der Waals surface area contributed by atoms with Gasteiger partial charge in [0.2, 0.25) is 0 Å². The number of hydrogen-bond donors (Lipinski definition) is 1. The Labute approximate surface area is 91.2 Å². The molecule has 0 spiro atoms. The molecule has 1 aliphatic heterocycles. The molecular weight excluding hydrogens is 194 g/mol. The zero-order valence-electron chi connectivity index (χ0n) is 9.93. The summed E-state index contributed by atoms with van der Waals surface area (Å²) >= 11 is 0. The maximum atomic E-state index is 11.7. The molecule has 88 valence electrons. The summed E-state index contributed by atoms with van der Waals surface area (Å²) in [5.41, 5.74) is 0. The van der Waals surface area contributed by atoms with Crippen LogP contribution in [-0.4, -0.2) is 46.8 Å². The van der Waals surface area contributed by atoms with Crippen LogP contribution in [0.2, 0.25) is 0 Å². The molecule has 1 aliphatic rings. The smallest absolute Gasteiger partial charge is 0.323 e. The van der Waals surface area contributed by atoms with Crippen LogP contribution in [-0.2, 0) is 9.53 Å². The third kappa shape index (κ3) is 3.18. The van der Waals surface area contributed by atoms with Crippen molar-refractivity contribution < 1.29 is 14.6 Å². The Hall–Kier alpha value is -0.610. The fraction of sp³-hybridized carbons (Fsp3) is 0.909. The highest BCUT2D eigenvalue weighted by atomic mass is 16.5. The van der Waals surface area contributed by atoms with Crippen LogP contribution in [0.25, 0.3) is 0 Å². The first-order chi connectivity index (χ1) is 6.91. The second-order valence-corrected chi connectivity index (χ2v) is 4.68. The van der Waals surface area contributed by atoms with Crippen molar-refractivity contribution in [2.45, 2.75) is 58.4 Å². The van der Waals surface area contributed by atoms with Crippen molar-refractivity contribution in [3.05, 3.63) is 0 Å². The van der Waals surface area contributed by atoms with Crippen molar-refractivity contribution in [2.75, 3.05) is 6.54 Å². The van der Waals surface area contributed by atoms with E-state index in [1.807, 2.05) is 32.6 Å². The van der Waals surface area contributed by atoms with Crippen molar-refractivity contribution in [1.29, 1.82) is 0 Å². The van der Waals surface area contributed by atoms with E-state index < -0.39 is 6.10 Å². The molecule has 0 radical (unpaired) electrons. The van der Waals surface area contributed by atoms with Gasteiger partial charge in [-0.3, -0.25) is 9.69 Å². The first-order valence-corrected chi connectivity index (χ1v) is 5.56. The molecule has 0 aliphatic carbocycles. The molecule has 0 aromatic heterocycles. The molecular formula is C11H21NO3. The lowest BCUT2D eigenvalue weighted by atomic mass is 10.2. The van der Waals surface area contributed by atoms with Gasteiger partial charge < -0.3 is 9.84 Å². The molecule has 2 unspecified atom stereocenters. The van der Waals surface area contributed by atoms with Gasteiger partial charge in [0.25, 0.3) is 0 Å². The number of esters is 1. The average molecular weight is 215 g/mol. The summed E-state index contributed by atoms with van der Waals surface area (Å²) in [6, 6.07) is -0.0192. The molecule has 4 nitrogen and oxygen atoms in total. The third-order valence-electron chi connectivity index (χ3n) is 2.60. The Bertz CT molecular complexity index is 228. The fourth-order valence-electron chi connectivity index (χ4n) is 1.95. The van der Waals surface area contributed by atoms with Crippen LogP contribution in [0.1, 0.15) is 34.1 Å². The summed E-state index contributed by atoms with van der Waals surface area (Å²) in [4.78, 5) is 13.7. The molecule has 0 amide bonds. The summed E-state index contributed by atoms with van der Waals surface area (Å²) in [5, 5.41) is 9.55. The molecule has 1 rings (SSSR count). The molecule has 1 N–H and O–H groups in total. The highest BCUT2D eigenvalue weighted by Gasteiger charge is 2.38. The van der Waals surface area contributed by atoms with Gasteiger partial charge in [-0.1, -0.05) is 0 Å². The van der Waals surface area contributed by atoms with Crippen molar-refractivity contribution in [1.82, 2.24) is 4.90 Å². The summed E-state index contributed by atoms with van der Waals surface area (Å²) < 4.78 is 5.17. The molecule has 0 aromatic rings. The Morgan fingerprint density at radius 2 is 2.00 bits per heavy atom. The molecule has 0 bridgehead atoms. The first kappa shape index (κ1) is 12.5. The summed E-state index contributed by atoms with van der Waals surface area (Å²) in [6.45, 7) is 8.28. The van der Waals surface area contributed by atoms with Gasteiger partial charge in [-0.15, -0.1) is 0 Å². The van der Waals surface area contributed by atoms with Crippen molar-refractivity contribution in [2.24, 2.45) is 0 Å². The van der Waals surface area contributed by atoms with Crippen molar-refractivity contribution in [3.63, 3.8) is 0 Å². The molecule has 4 heteroatoms. The lowest BCUT2D eigenvalue weighted by Gasteiger charge is -2.26. The zero-order chi connectivity index (χ0) is 11.6. The monoisotopic (exact) mass is 215 g/mol. The minimum atomic E-state index is -0.405. The molecule has 0 saturated carbocycles. The first-order valence-electron chi connectivity index (χ1n) is 5.56. The van der Waals surface area contributed by atoms with E-state index in [4.69, 9.17) is 4.74 Å². The normalized spacial score (nSPS) is 27.7. The summed E-state index contributed by atoms with van der Waals surface area (Å²) in [7, 11) is 0. The van der Waals surface area contributed by atoms with Crippen LogP contribution >= 0.6 is 0 Å². The second-order valence-electron chi connectivity index (χ2n) is 4.68. The van der Waals surface area contributed by atoms with Gasteiger partial charge in [0.05, 0.1) is 12.2 Å². The molecule has 1 saturated heterocycles. The van der Waals surface area contributed by atoms with Gasteiger partial charge in [-0.05, 0) is 27.7 Å². The van der Waals surface area contributed by atoms with Gasteiger partial charge in [0, 0.05) is 19.0 Å². The van der Waals surface area contributed by atoms with E-state index >= 15 is 0 Å². The van der Waals surface area contributed by atoms with Crippen LogP contribution < -0.4 is 0 Å². The van der Waals surface area contributed by atoms with E-state index in [0.29, 0.717) is 13.0 Å². The summed E-state index contributed by atoms with van der Waals surface area (Å²) in [6.07, 6.45) is -0.00892. The minimum Gasteiger partial charge on any atom is -0.462 e. The molecule has 15 heavy (non-hydrogen) atoms. The lowest BCUT2D eigenvalue weighted by Crippen LogP contribution is -2.42. The molecule has 2 atom stereocenters. The number of carbonyl (C=O) groups excluding carboxylic acids is 1. The summed E-state index contributed by atoms with van der Waals surface area (Å²) in [5.74, 6) is -0.213. The van der Waals surface area contributed by atoms with E-state index in [2.05, 4.69) is 0 Å². The third-order valence-corrected chi connectivity index (χ3v) is 2.60. The van der Waals surface area contributed by atoms with Crippen LogP contribution in [0.4, 0.5) is 0 Å². The largest absolute Gasteiger partial charge is 0.462 e. The Kier molecular flexibility index (Phi) is 4.11. The van der Waals surface area contributed by atoms with Crippen LogP contribution in [0.3, 0.4) is 0 Å². The number of likely N-dealkylation sites (tertiary alicyclic amines) is 1. The number of carbonyl (C=O) groups is 1. The van der Waals surface area contributed by atoms with Gasteiger partial charge in [-0.25, -0.2) is 0 Å². The van der Waals surface area contributed by atoms with Crippen LogP contribution in [0.15, 0.2) is 0 Å². The molecule has 1 fully saturated rings. The quantitative estimate of drug-likeness (QED) is 0.707. The van der Waals surface area contributed by atoms with Crippen molar-refractivity contribution >= 4 is 5.97 Å². The highest BCUT2D eigenvalue weighted by molar-refractivity contribution is 5.76. The predicted molar refractivity (Wildman–Crippen MR) is 57.5 cm³/mol. The van der Waals surface area contributed by atoms with Crippen molar-refractivity contribution in [3.8, 4) is 0 Å². The Morgan fingerprint density at radius 1 is 1.40 bits per heavy atom. The standard InChI is InChI=1S/C11H21NO3/c1-7(2)12-6-9(13)5-10(12)11(14)15-8(3)4/h7-10,13H,5-6H2,1-4H3. The van der Waals surface area contributed by atoms with Gasteiger partial charge >= 0.3 is 5.97 Å². The van der Waals surface area contributed by atoms with E-state index in [1.54, 1.807) is 0 Å². The van der Waals surface area contributed by atoms with E-state index in [1.165, 1.54) is 0 Å². The fourth-order valence-corrected chi connectivity index (χ4v) is 1.95. The number of β-amino-alcohol motifs (C(OH)–C–C–N with tert-alkyl or cyclic N) is 1. The van der Waals surface area contributed by atoms with E-state index in [-0.39, 0.29) is 24.2 Å². The van der Waals surface area contributed by atoms with Gasteiger partial charge in [0.15, 0.2) is 0 Å². The number of aliphatic hydroxyl groups is 1. The van der Waals surface area contributed by atoms with Crippen LogP contribution in [0, 0.1) is 0 Å². The number of hydrogen-bond acceptors (Lipinski definition) is 4. The topological polar surface area (TPSA) is 49.8 Å². The Balaban J connectivity index is 2.62. The van der Waals surface area contributed by atoms with Gasteiger partial charge in [-0.2, -0.15) is 0 Å². The number of aliphatic hydroxyl groups excluding tert-OH is 1.